The maximum absolute atomic E-state index is 13.6. The first-order chi connectivity index (χ1) is 17.7. The zero-order valence-electron chi connectivity index (χ0n) is 21.6. The number of amides is 1. The summed E-state index contributed by atoms with van der Waals surface area (Å²) in [5, 5.41) is 11.6. The summed E-state index contributed by atoms with van der Waals surface area (Å²) in [5.74, 6) is 6.68. The number of rotatable bonds is 7. The number of sulfonamides is 1. The van der Waals surface area contributed by atoms with Gasteiger partial charge in [-0.3, -0.25) is 4.79 Å². The molecule has 0 aromatic carbocycles. The molecule has 0 spiro atoms. The number of nitrogens with zero attached hydrogens (tertiary/aromatic N) is 3. The summed E-state index contributed by atoms with van der Waals surface area (Å²) < 4.78 is 33.9. The molecule has 1 aliphatic carbocycles. The third kappa shape index (κ3) is 6.34. The summed E-state index contributed by atoms with van der Waals surface area (Å²) in [4.78, 5) is 19.6. The van der Waals surface area contributed by atoms with Gasteiger partial charge in [0, 0.05) is 37.7 Å². The number of fused-ring (bicyclic) bond motifs is 1. The molecule has 4 rings (SSSR count). The van der Waals surface area contributed by atoms with Crippen LogP contribution in [0, 0.1) is 23.7 Å². The van der Waals surface area contributed by atoms with E-state index in [0.717, 1.165) is 17.8 Å². The van der Waals surface area contributed by atoms with Crippen LogP contribution in [0.15, 0.2) is 34.0 Å². The molecule has 200 valence electrons. The third-order valence-electron chi connectivity index (χ3n) is 7.22. The molecule has 37 heavy (non-hydrogen) atoms. The van der Waals surface area contributed by atoms with E-state index in [1.165, 1.54) is 37.0 Å². The molecular formula is C27H35N3O5S2. The van der Waals surface area contributed by atoms with Crippen molar-refractivity contribution in [3.8, 4) is 17.7 Å². The van der Waals surface area contributed by atoms with Gasteiger partial charge >= 0.3 is 0 Å². The lowest BCUT2D eigenvalue weighted by atomic mass is 10.00. The number of pyridine rings is 1. The largest absolute Gasteiger partial charge is 0.472 e. The van der Waals surface area contributed by atoms with Crippen LogP contribution in [-0.4, -0.2) is 72.5 Å². The number of hydrogen-bond donors (Lipinski definition) is 1. The normalized spacial score (nSPS) is 21.5. The van der Waals surface area contributed by atoms with Crippen LogP contribution in [0.3, 0.4) is 0 Å². The molecule has 0 unspecified atom stereocenters. The Morgan fingerprint density at radius 2 is 2.11 bits per heavy atom. The fraction of sp³-hybridized carbons (Fsp3) is 0.556. The lowest BCUT2D eigenvalue weighted by molar-refractivity contribution is 0.0373. The average molecular weight is 546 g/mol. The molecule has 0 bridgehead atoms. The van der Waals surface area contributed by atoms with Crippen molar-refractivity contribution in [1.82, 2.24) is 14.2 Å². The predicted molar refractivity (Wildman–Crippen MR) is 143 cm³/mol. The summed E-state index contributed by atoms with van der Waals surface area (Å²) in [6.45, 7) is 3.89. The first-order valence-electron chi connectivity index (χ1n) is 12.8. The fourth-order valence-corrected chi connectivity index (χ4v) is 7.20. The number of aromatic nitrogens is 1. The highest BCUT2D eigenvalue weighted by atomic mass is 32.2. The maximum atomic E-state index is 13.6. The van der Waals surface area contributed by atoms with Crippen LogP contribution in [-0.2, 0) is 10.0 Å². The Hall–Kier alpha value is -2.45. The van der Waals surface area contributed by atoms with Gasteiger partial charge in [-0.15, -0.1) is 11.3 Å². The number of likely N-dealkylation sites (N-methyl/N-ethyl adjacent to an activating group) is 1. The van der Waals surface area contributed by atoms with Crippen molar-refractivity contribution in [2.45, 2.75) is 62.3 Å². The van der Waals surface area contributed by atoms with Crippen molar-refractivity contribution in [3.63, 3.8) is 0 Å². The minimum absolute atomic E-state index is 0.0843. The van der Waals surface area contributed by atoms with Gasteiger partial charge in [-0.1, -0.05) is 37.7 Å². The number of hydrogen-bond acceptors (Lipinski definition) is 7. The first-order valence-corrected chi connectivity index (χ1v) is 15.1. The van der Waals surface area contributed by atoms with Crippen LogP contribution in [0.1, 0.15) is 61.9 Å². The Bertz CT molecular complexity index is 1250. The van der Waals surface area contributed by atoms with E-state index in [1.807, 2.05) is 6.92 Å². The zero-order valence-corrected chi connectivity index (χ0v) is 23.2. The number of aliphatic hydroxyl groups excluding tert-OH is 1. The number of thiophene rings is 1. The quantitative estimate of drug-likeness (QED) is 0.534. The van der Waals surface area contributed by atoms with Gasteiger partial charge in [0.25, 0.3) is 15.9 Å². The van der Waals surface area contributed by atoms with E-state index in [2.05, 4.69) is 16.8 Å². The van der Waals surface area contributed by atoms with E-state index in [9.17, 15) is 18.3 Å². The zero-order chi connectivity index (χ0) is 26.6. The van der Waals surface area contributed by atoms with Crippen LogP contribution < -0.4 is 4.74 Å². The van der Waals surface area contributed by atoms with Crippen LogP contribution in [0.5, 0.6) is 5.88 Å². The summed E-state index contributed by atoms with van der Waals surface area (Å²) >= 11 is 1.16. The molecule has 3 atom stereocenters. The fourth-order valence-electron chi connectivity index (χ4n) is 4.82. The van der Waals surface area contributed by atoms with Gasteiger partial charge in [-0.2, -0.15) is 4.31 Å². The Labute approximate surface area is 223 Å². The molecule has 2 aromatic rings. The van der Waals surface area contributed by atoms with Crippen molar-refractivity contribution in [2.24, 2.45) is 11.8 Å². The van der Waals surface area contributed by atoms with Crippen molar-refractivity contribution in [2.75, 3.05) is 26.7 Å². The summed E-state index contributed by atoms with van der Waals surface area (Å²) in [6.07, 6.45) is 6.83. The van der Waals surface area contributed by atoms with Crippen molar-refractivity contribution in [1.29, 1.82) is 0 Å². The van der Waals surface area contributed by atoms with Gasteiger partial charge in [-0.05, 0) is 43.2 Å². The van der Waals surface area contributed by atoms with Gasteiger partial charge in [0.15, 0.2) is 0 Å². The molecule has 1 N–H and O–H groups in total. The summed E-state index contributed by atoms with van der Waals surface area (Å²) in [6, 6.07) is 4.55. The molecule has 0 saturated heterocycles. The standard InChI is InChI=1S/C27H35N3O5S2/c1-19-16-30(20(2)18-31)27(32)23-14-22(11-6-10-21-8-4-5-9-21)15-28-26(23)35-24(19)17-29(3)37(33,34)25-12-7-13-36-25/h7,12-15,19-21,24,31H,4-5,8-10,16-18H2,1-3H3/t19-,20+,24+/m1/s1. The van der Waals surface area contributed by atoms with Gasteiger partial charge in [-0.25, -0.2) is 13.4 Å². The summed E-state index contributed by atoms with van der Waals surface area (Å²) in [5.41, 5.74) is 0.904. The lowest BCUT2D eigenvalue weighted by Crippen LogP contribution is -2.50. The topological polar surface area (TPSA) is 100 Å². The maximum Gasteiger partial charge on any atom is 0.259 e. The Morgan fingerprint density at radius 1 is 1.35 bits per heavy atom. The monoisotopic (exact) mass is 545 g/mol. The first kappa shape index (κ1) is 27.6. The Morgan fingerprint density at radius 3 is 2.78 bits per heavy atom. The van der Waals surface area contributed by atoms with E-state index in [4.69, 9.17) is 4.74 Å². The number of aliphatic hydroxyl groups is 1. The number of ether oxygens (including phenoxy) is 1. The molecule has 1 fully saturated rings. The molecule has 1 aliphatic heterocycles. The van der Waals surface area contributed by atoms with E-state index in [1.54, 1.807) is 41.6 Å². The minimum atomic E-state index is -3.67. The molecule has 0 radical (unpaired) electrons. The number of carbonyl (C=O) groups is 1. The van der Waals surface area contributed by atoms with Crippen molar-refractivity contribution < 1.29 is 23.1 Å². The van der Waals surface area contributed by atoms with Crippen LogP contribution in [0.4, 0.5) is 0 Å². The Kier molecular flexibility index (Phi) is 8.90. The second kappa shape index (κ2) is 11.9. The van der Waals surface area contributed by atoms with Crippen molar-refractivity contribution in [3.05, 3.63) is 40.9 Å². The highest BCUT2D eigenvalue weighted by Gasteiger charge is 2.36. The second-order valence-corrected chi connectivity index (χ2v) is 13.3. The average Bonchev–Trinajstić information content (AvgIpc) is 3.61. The van der Waals surface area contributed by atoms with Gasteiger partial charge in [0.1, 0.15) is 15.9 Å². The minimum Gasteiger partial charge on any atom is -0.472 e. The van der Waals surface area contributed by atoms with Crippen LogP contribution in [0.25, 0.3) is 0 Å². The molecule has 8 nitrogen and oxygen atoms in total. The summed E-state index contributed by atoms with van der Waals surface area (Å²) in [7, 11) is -2.15. The SMILES string of the molecule is C[C@@H]1CN([C@@H](C)CO)C(=O)c2cc(C#CCC3CCCC3)cnc2O[C@H]1CN(C)S(=O)(=O)c1cccs1. The third-order valence-corrected chi connectivity index (χ3v) is 10.4. The van der Waals surface area contributed by atoms with Gasteiger partial charge in [0.2, 0.25) is 5.88 Å². The Balaban J connectivity index is 1.62. The van der Waals surface area contributed by atoms with Crippen LogP contribution in [0.2, 0.25) is 0 Å². The molecule has 1 saturated carbocycles. The lowest BCUT2D eigenvalue weighted by Gasteiger charge is -2.37. The molecule has 2 aliphatic rings. The van der Waals surface area contributed by atoms with Crippen molar-refractivity contribution >= 4 is 27.3 Å². The van der Waals surface area contributed by atoms with E-state index in [0.29, 0.717) is 18.0 Å². The van der Waals surface area contributed by atoms with Gasteiger partial charge in [0.05, 0.1) is 19.2 Å². The van der Waals surface area contributed by atoms with E-state index in [-0.39, 0.29) is 40.6 Å². The highest BCUT2D eigenvalue weighted by Crippen LogP contribution is 2.29. The molecule has 3 heterocycles. The molecule has 10 heteroatoms. The smallest absolute Gasteiger partial charge is 0.259 e. The molecule has 1 amide bonds. The van der Waals surface area contributed by atoms with E-state index < -0.39 is 22.2 Å². The van der Waals surface area contributed by atoms with Gasteiger partial charge < -0.3 is 14.7 Å². The molecule has 2 aromatic heterocycles. The molecular weight excluding hydrogens is 510 g/mol. The van der Waals surface area contributed by atoms with E-state index >= 15 is 0 Å². The second-order valence-electron chi connectivity index (χ2n) is 10.1. The predicted octanol–water partition coefficient (Wildman–Crippen LogP) is 3.62. The van der Waals surface area contributed by atoms with Crippen LogP contribution >= 0.6 is 11.3 Å². The highest BCUT2D eigenvalue weighted by molar-refractivity contribution is 7.91. The number of carbonyl (C=O) groups excluding carboxylic acids is 1.